The third-order valence-corrected chi connectivity index (χ3v) is 5.06. The zero-order chi connectivity index (χ0) is 18.5. The first-order valence-electron chi connectivity index (χ1n) is 8.98. The highest BCUT2D eigenvalue weighted by molar-refractivity contribution is 6.31. The lowest BCUT2D eigenvalue weighted by atomic mass is 10.0. The van der Waals surface area contributed by atoms with Crippen LogP contribution in [0.1, 0.15) is 42.1 Å². The van der Waals surface area contributed by atoms with Crippen molar-refractivity contribution in [3.63, 3.8) is 0 Å². The maximum atomic E-state index is 12.8. The first-order chi connectivity index (χ1) is 12.5. The van der Waals surface area contributed by atoms with Gasteiger partial charge >= 0.3 is 0 Å². The van der Waals surface area contributed by atoms with Crippen LogP contribution in [0.4, 0.5) is 5.69 Å². The van der Waals surface area contributed by atoms with Gasteiger partial charge in [0.05, 0.1) is 12.2 Å². The van der Waals surface area contributed by atoms with Crippen molar-refractivity contribution in [2.75, 3.05) is 18.4 Å². The quantitative estimate of drug-likeness (QED) is 0.794. The molecular weight excluding hydrogens is 348 g/mol. The fourth-order valence-corrected chi connectivity index (χ4v) is 3.50. The maximum Gasteiger partial charge on any atom is 0.238 e. The van der Waals surface area contributed by atoms with Crippen LogP contribution in [0.15, 0.2) is 48.5 Å². The van der Waals surface area contributed by atoms with Gasteiger partial charge in [-0.3, -0.25) is 14.5 Å². The molecule has 0 bridgehead atoms. The minimum absolute atomic E-state index is 0.108. The zero-order valence-electron chi connectivity index (χ0n) is 14.9. The van der Waals surface area contributed by atoms with E-state index in [9.17, 15) is 9.59 Å². The van der Waals surface area contributed by atoms with Crippen LogP contribution in [0.3, 0.4) is 0 Å². The summed E-state index contributed by atoms with van der Waals surface area (Å²) in [4.78, 5) is 27.5. The first-order valence-corrected chi connectivity index (χ1v) is 9.35. The molecule has 26 heavy (non-hydrogen) atoms. The summed E-state index contributed by atoms with van der Waals surface area (Å²) in [6.45, 7) is 3.42. The number of anilines is 1. The van der Waals surface area contributed by atoms with E-state index < -0.39 is 0 Å². The zero-order valence-corrected chi connectivity index (χ0v) is 15.6. The number of amides is 1. The Morgan fingerprint density at radius 2 is 1.92 bits per heavy atom. The smallest absolute Gasteiger partial charge is 0.238 e. The molecule has 5 heteroatoms. The Labute approximate surface area is 159 Å². The van der Waals surface area contributed by atoms with Crippen molar-refractivity contribution >= 4 is 29.0 Å². The van der Waals surface area contributed by atoms with Gasteiger partial charge in [0, 0.05) is 22.2 Å². The number of carbonyl (C=O) groups excluding carboxylic acids is 2. The molecule has 136 valence electrons. The van der Waals surface area contributed by atoms with E-state index in [-0.39, 0.29) is 11.7 Å². The number of halogens is 1. The van der Waals surface area contributed by atoms with Crippen molar-refractivity contribution in [3.05, 3.63) is 64.7 Å². The number of ketones is 1. The molecule has 1 aliphatic rings. The van der Waals surface area contributed by atoms with Crippen molar-refractivity contribution in [1.82, 2.24) is 4.90 Å². The highest BCUT2D eigenvalue weighted by Crippen LogP contribution is 2.24. The number of likely N-dealkylation sites (tertiary alicyclic amines) is 1. The molecule has 1 atom stereocenters. The van der Waals surface area contributed by atoms with Gasteiger partial charge in [-0.05, 0) is 44.5 Å². The number of benzene rings is 2. The highest BCUT2D eigenvalue weighted by atomic mass is 35.5. The third kappa shape index (κ3) is 4.51. The monoisotopic (exact) mass is 370 g/mol. The van der Waals surface area contributed by atoms with Gasteiger partial charge in [-0.1, -0.05) is 48.4 Å². The van der Waals surface area contributed by atoms with Gasteiger partial charge in [-0.2, -0.15) is 0 Å². The predicted octanol–water partition coefficient (Wildman–Crippen LogP) is 4.38. The van der Waals surface area contributed by atoms with Gasteiger partial charge < -0.3 is 5.32 Å². The maximum absolute atomic E-state index is 12.8. The lowest BCUT2D eigenvalue weighted by Gasteiger charge is -2.32. The lowest BCUT2D eigenvalue weighted by Crippen LogP contribution is -2.42. The van der Waals surface area contributed by atoms with E-state index in [2.05, 4.69) is 17.1 Å². The molecule has 1 aliphatic heterocycles. The summed E-state index contributed by atoms with van der Waals surface area (Å²) >= 11 is 6.09. The van der Waals surface area contributed by atoms with E-state index in [0.717, 1.165) is 19.4 Å². The average Bonchev–Trinajstić information content (AvgIpc) is 2.65. The van der Waals surface area contributed by atoms with Gasteiger partial charge in [0.15, 0.2) is 5.78 Å². The van der Waals surface area contributed by atoms with Crippen molar-refractivity contribution in [3.8, 4) is 0 Å². The van der Waals surface area contributed by atoms with E-state index in [4.69, 9.17) is 11.6 Å². The van der Waals surface area contributed by atoms with E-state index in [1.54, 1.807) is 30.3 Å². The molecule has 0 saturated carbocycles. The SMILES string of the molecule is C[C@H]1CCCCN1CC(=O)Nc1ccc(Cl)cc1C(=O)c1ccccc1. The molecule has 2 aromatic rings. The highest BCUT2D eigenvalue weighted by Gasteiger charge is 2.22. The molecule has 4 nitrogen and oxygen atoms in total. The number of hydrogen-bond acceptors (Lipinski definition) is 3. The van der Waals surface area contributed by atoms with Gasteiger partial charge in [0.2, 0.25) is 5.91 Å². The van der Waals surface area contributed by atoms with Crippen LogP contribution < -0.4 is 5.32 Å². The molecule has 0 aromatic heterocycles. The second kappa shape index (κ2) is 8.47. The standard InChI is InChI=1S/C21H23ClN2O2/c1-15-7-5-6-12-24(15)14-20(25)23-19-11-10-17(22)13-18(19)21(26)16-8-3-2-4-9-16/h2-4,8-11,13,15H,5-7,12,14H2,1H3,(H,23,25)/t15-/m0/s1. The van der Waals surface area contributed by atoms with E-state index in [0.29, 0.717) is 34.4 Å². The molecule has 0 unspecified atom stereocenters. The normalized spacial score (nSPS) is 17.7. The van der Waals surface area contributed by atoms with E-state index >= 15 is 0 Å². The third-order valence-electron chi connectivity index (χ3n) is 4.82. The number of nitrogens with one attached hydrogen (secondary N) is 1. The Hall–Kier alpha value is -2.17. The Bertz CT molecular complexity index is 792. The summed E-state index contributed by atoms with van der Waals surface area (Å²) in [5, 5.41) is 3.36. The minimum Gasteiger partial charge on any atom is -0.324 e. The fraction of sp³-hybridized carbons (Fsp3) is 0.333. The van der Waals surface area contributed by atoms with E-state index in [1.807, 2.05) is 18.2 Å². The fourth-order valence-electron chi connectivity index (χ4n) is 3.33. The van der Waals surface area contributed by atoms with Gasteiger partial charge in [0.25, 0.3) is 0 Å². The Kier molecular flexibility index (Phi) is 6.07. The van der Waals surface area contributed by atoms with Crippen molar-refractivity contribution in [1.29, 1.82) is 0 Å². The molecule has 0 aliphatic carbocycles. The topological polar surface area (TPSA) is 49.4 Å². The van der Waals surface area contributed by atoms with Gasteiger partial charge in [0.1, 0.15) is 0 Å². The molecular formula is C21H23ClN2O2. The molecule has 1 amide bonds. The Morgan fingerprint density at radius 1 is 1.15 bits per heavy atom. The van der Waals surface area contributed by atoms with Crippen molar-refractivity contribution in [2.24, 2.45) is 0 Å². The molecule has 3 rings (SSSR count). The average molecular weight is 371 g/mol. The van der Waals surface area contributed by atoms with Crippen LogP contribution in [0.2, 0.25) is 5.02 Å². The van der Waals surface area contributed by atoms with Crippen molar-refractivity contribution < 1.29 is 9.59 Å². The Morgan fingerprint density at radius 3 is 2.65 bits per heavy atom. The van der Waals surface area contributed by atoms with Crippen LogP contribution in [0.25, 0.3) is 0 Å². The largest absolute Gasteiger partial charge is 0.324 e. The first kappa shape index (κ1) is 18.6. The van der Waals surface area contributed by atoms with Crippen LogP contribution in [-0.4, -0.2) is 35.7 Å². The second-order valence-corrected chi connectivity index (χ2v) is 7.18. The Balaban J connectivity index is 1.77. The molecule has 1 fully saturated rings. The molecule has 0 spiro atoms. The van der Waals surface area contributed by atoms with Crippen LogP contribution in [0, 0.1) is 0 Å². The second-order valence-electron chi connectivity index (χ2n) is 6.75. The predicted molar refractivity (Wildman–Crippen MR) is 105 cm³/mol. The number of nitrogens with zero attached hydrogens (tertiary/aromatic N) is 1. The van der Waals surface area contributed by atoms with Gasteiger partial charge in [-0.25, -0.2) is 0 Å². The number of carbonyl (C=O) groups is 2. The van der Waals surface area contributed by atoms with Crippen LogP contribution >= 0.6 is 11.6 Å². The summed E-state index contributed by atoms with van der Waals surface area (Å²) in [5.41, 5.74) is 1.47. The summed E-state index contributed by atoms with van der Waals surface area (Å²) in [7, 11) is 0. The summed E-state index contributed by atoms with van der Waals surface area (Å²) in [5.74, 6) is -0.266. The van der Waals surface area contributed by atoms with Crippen LogP contribution in [0.5, 0.6) is 0 Å². The van der Waals surface area contributed by atoms with Crippen LogP contribution in [-0.2, 0) is 4.79 Å². The molecule has 1 saturated heterocycles. The number of hydrogen-bond donors (Lipinski definition) is 1. The molecule has 0 radical (unpaired) electrons. The number of rotatable bonds is 5. The van der Waals surface area contributed by atoms with E-state index in [1.165, 1.54) is 6.42 Å². The molecule has 1 N–H and O–H groups in total. The van der Waals surface area contributed by atoms with Gasteiger partial charge in [-0.15, -0.1) is 0 Å². The number of piperidine rings is 1. The molecule has 1 heterocycles. The molecule has 2 aromatic carbocycles. The minimum atomic E-state index is -0.158. The summed E-state index contributed by atoms with van der Waals surface area (Å²) in [6, 6.07) is 14.4. The lowest BCUT2D eigenvalue weighted by molar-refractivity contribution is -0.118. The summed E-state index contributed by atoms with van der Waals surface area (Å²) < 4.78 is 0. The van der Waals surface area contributed by atoms with Crippen molar-refractivity contribution in [2.45, 2.75) is 32.2 Å². The summed E-state index contributed by atoms with van der Waals surface area (Å²) in [6.07, 6.45) is 3.45.